The van der Waals surface area contributed by atoms with Crippen LogP contribution < -0.4 is 4.74 Å². The zero-order valence-corrected chi connectivity index (χ0v) is 11.2. The Morgan fingerprint density at radius 3 is 2.72 bits per heavy atom. The fourth-order valence-corrected chi connectivity index (χ4v) is 1.43. The highest BCUT2D eigenvalue weighted by molar-refractivity contribution is 5.82. The van der Waals surface area contributed by atoms with Gasteiger partial charge in [-0.25, -0.2) is 4.79 Å². The van der Waals surface area contributed by atoms with E-state index < -0.39 is 0 Å². The number of hydrogen-bond acceptors (Lipinski definition) is 3. The number of benzene rings is 1. The van der Waals surface area contributed by atoms with Crippen LogP contribution in [0.3, 0.4) is 0 Å². The monoisotopic (exact) mass is 248 g/mol. The van der Waals surface area contributed by atoms with Gasteiger partial charge in [-0.05, 0) is 38.0 Å². The van der Waals surface area contributed by atoms with Crippen LogP contribution in [0.25, 0.3) is 0 Å². The summed E-state index contributed by atoms with van der Waals surface area (Å²) in [5.41, 5.74) is 2.16. The number of esters is 1. The van der Waals surface area contributed by atoms with E-state index in [9.17, 15) is 4.79 Å². The first-order chi connectivity index (χ1) is 8.61. The number of carbonyl (C=O) groups is 1. The van der Waals surface area contributed by atoms with Gasteiger partial charge in [0, 0.05) is 6.08 Å². The lowest BCUT2D eigenvalue weighted by Crippen LogP contribution is -2.10. The van der Waals surface area contributed by atoms with Crippen LogP contribution in [0, 0.1) is 0 Å². The highest BCUT2D eigenvalue weighted by Gasteiger charge is 1.99. The van der Waals surface area contributed by atoms with Crippen molar-refractivity contribution in [2.75, 3.05) is 13.2 Å². The Kier molecular flexibility index (Phi) is 5.98. The Morgan fingerprint density at radius 2 is 2.06 bits per heavy atom. The molecule has 98 valence electrons. The Bertz CT molecular complexity index is 418. The minimum atomic E-state index is -0.319. The first-order valence-electron chi connectivity index (χ1n) is 6.15. The smallest absolute Gasteiger partial charge is 0.330 e. The van der Waals surface area contributed by atoms with Gasteiger partial charge in [-0.2, -0.15) is 0 Å². The van der Waals surface area contributed by atoms with E-state index in [4.69, 9.17) is 9.47 Å². The normalized spacial score (nSPS) is 9.72. The molecule has 1 aromatic rings. The number of hydrogen-bond donors (Lipinski definition) is 0. The lowest BCUT2D eigenvalue weighted by atomic mass is 10.2. The highest BCUT2D eigenvalue weighted by Crippen LogP contribution is 2.13. The molecule has 0 heterocycles. The molecule has 3 heteroatoms. The summed E-state index contributed by atoms with van der Waals surface area (Å²) in [5.74, 6) is 0.494. The Balaban J connectivity index is 2.29. The molecule has 0 aromatic heterocycles. The minimum absolute atomic E-state index is 0.263. The van der Waals surface area contributed by atoms with Crippen molar-refractivity contribution in [3.05, 3.63) is 41.5 Å². The Morgan fingerprint density at radius 1 is 1.28 bits per heavy atom. The van der Waals surface area contributed by atoms with E-state index in [0.29, 0.717) is 6.61 Å². The molecule has 0 saturated heterocycles. The molecule has 0 spiro atoms. The molecule has 0 aliphatic carbocycles. The number of carbonyl (C=O) groups excluding carboxylic acids is 1. The molecule has 0 unspecified atom stereocenters. The van der Waals surface area contributed by atoms with Crippen molar-refractivity contribution in [1.82, 2.24) is 0 Å². The van der Waals surface area contributed by atoms with Crippen LogP contribution in [0.15, 0.2) is 35.9 Å². The van der Waals surface area contributed by atoms with Crippen LogP contribution in [-0.2, 0) is 16.0 Å². The van der Waals surface area contributed by atoms with E-state index in [1.54, 1.807) is 0 Å². The maximum absolute atomic E-state index is 11.2. The summed E-state index contributed by atoms with van der Waals surface area (Å²) in [6, 6.07) is 7.92. The lowest BCUT2D eigenvalue weighted by molar-refractivity contribution is -0.138. The molecular weight excluding hydrogens is 228 g/mol. The second-order valence-electron chi connectivity index (χ2n) is 4.24. The van der Waals surface area contributed by atoms with Crippen molar-refractivity contribution < 1.29 is 14.3 Å². The predicted octanol–water partition coefficient (Wildman–Crippen LogP) is 3.14. The molecule has 0 bridgehead atoms. The second kappa shape index (κ2) is 7.54. The maximum atomic E-state index is 11.2. The zero-order chi connectivity index (χ0) is 13.4. The van der Waals surface area contributed by atoms with Crippen molar-refractivity contribution in [3.8, 4) is 5.75 Å². The third-order valence-corrected chi connectivity index (χ3v) is 2.31. The van der Waals surface area contributed by atoms with Gasteiger partial charge in [0.05, 0.1) is 0 Å². The summed E-state index contributed by atoms with van der Waals surface area (Å²) in [4.78, 5) is 11.2. The van der Waals surface area contributed by atoms with Crippen molar-refractivity contribution in [2.45, 2.75) is 27.2 Å². The van der Waals surface area contributed by atoms with Gasteiger partial charge in [0.15, 0.2) is 0 Å². The van der Waals surface area contributed by atoms with Crippen LogP contribution in [-0.4, -0.2) is 19.2 Å². The highest BCUT2D eigenvalue weighted by atomic mass is 16.6. The Labute approximate surface area is 108 Å². The number of aryl methyl sites for hydroxylation is 1. The molecule has 1 rings (SSSR count). The summed E-state index contributed by atoms with van der Waals surface area (Å²) >= 11 is 0. The van der Waals surface area contributed by atoms with E-state index in [2.05, 4.69) is 13.0 Å². The molecule has 0 radical (unpaired) electrons. The first kappa shape index (κ1) is 14.3. The van der Waals surface area contributed by atoms with E-state index in [0.717, 1.165) is 17.7 Å². The Hall–Kier alpha value is -1.77. The van der Waals surface area contributed by atoms with Gasteiger partial charge < -0.3 is 9.47 Å². The fourth-order valence-electron chi connectivity index (χ4n) is 1.43. The summed E-state index contributed by atoms with van der Waals surface area (Å²) in [6.07, 6.45) is 2.45. The third kappa shape index (κ3) is 5.53. The molecule has 1 aromatic carbocycles. The van der Waals surface area contributed by atoms with Gasteiger partial charge >= 0.3 is 5.97 Å². The number of rotatable bonds is 6. The average Bonchev–Trinajstić information content (AvgIpc) is 2.34. The van der Waals surface area contributed by atoms with Gasteiger partial charge in [-0.3, -0.25) is 0 Å². The summed E-state index contributed by atoms with van der Waals surface area (Å²) < 4.78 is 10.5. The SMILES string of the molecule is CCc1cccc(OCCOC(=O)C=C(C)C)c1. The van der Waals surface area contributed by atoms with Crippen LogP contribution in [0.4, 0.5) is 0 Å². The topological polar surface area (TPSA) is 35.5 Å². The molecule has 0 fully saturated rings. The van der Waals surface area contributed by atoms with Crippen molar-refractivity contribution >= 4 is 5.97 Å². The van der Waals surface area contributed by atoms with Crippen molar-refractivity contribution in [2.24, 2.45) is 0 Å². The molecule has 0 N–H and O–H groups in total. The van der Waals surface area contributed by atoms with Crippen LogP contribution >= 0.6 is 0 Å². The molecular formula is C15H20O3. The standard InChI is InChI=1S/C15H20O3/c1-4-13-6-5-7-14(11-13)17-8-9-18-15(16)10-12(2)3/h5-7,10-11H,4,8-9H2,1-3H3. The zero-order valence-electron chi connectivity index (χ0n) is 11.2. The fraction of sp³-hybridized carbons (Fsp3) is 0.400. The second-order valence-corrected chi connectivity index (χ2v) is 4.24. The molecule has 18 heavy (non-hydrogen) atoms. The molecule has 3 nitrogen and oxygen atoms in total. The van der Waals surface area contributed by atoms with E-state index in [1.165, 1.54) is 11.6 Å². The number of ether oxygens (including phenoxy) is 2. The first-order valence-corrected chi connectivity index (χ1v) is 6.15. The van der Waals surface area contributed by atoms with E-state index >= 15 is 0 Å². The molecule has 0 atom stereocenters. The maximum Gasteiger partial charge on any atom is 0.330 e. The van der Waals surface area contributed by atoms with Crippen molar-refractivity contribution in [3.63, 3.8) is 0 Å². The van der Waals surface area contributed by atoms with E-state index in [1.807, 2.05) is 32.0 Å². The third-order valence-electron chi connectivity index (χ3n) is 2.31. The minimum Gasteiger partial charge on any atom is -0.490 e. The van der Waals surface area contributed by atoms with Crippen LogP contribution in [0.1, 0.15) is 26.3 Å². The van der Waals surface area contributed by atoms with Gasteiger partial charge in [0.2, 0.25) is 0 Å². The summed E-state index contributed by atoms with van der Waals surface area (Å²) in [6.45, 7) is 6.44. The number of allylic oxidation sites excluding steroid dienone is 1. The summed E-state index contributed by atoms with van der Waals surface area (Å²) in [7, 11) is 0. The summed E-state index contributed by atoms with van der Waals surface area (Å²) in [5, 5.41) is 0. The molecule has 0 aliphatic rings. The van der Waals surface area contributed by atoms with Crippen LogP contribution in [0.2, 0.25) is 0 Å². The predicted molar refractivity (Wildman–Crippen MR) is 71.7 cm³/mol. The van der Waals surface area contributed by atoms with Gasteiger partial charge in [-0.15, -0.1) is 0 Å². The van der Waals surface area contributed by atoms with Gasteiger partial charge in [-0.1, -0.05) is 24.6 Å². The van der Waals surface area contributed by atoms with Crippen molar-refractivity contribution in [1.29, 1.82) is 0 Å². The van der Waals surface area contributed by atoms with E-state index in [-0.39, 0.29) is 12.6 Å². The molecule has 0 aliphatic heterocycles. The average molecular weight is 248 g/mol. The van der Waals surface area contributed by atoms with Crippen LogP contribution in [0.5, 0.6) is 5.75 Å². The quantitative estimate of drug-likeness (QED) is 0.441. The van der Waals surface area contributed by atoms with Gasteiger partial charge in [0.25, 0.3) is 0 Å². The molecule has 0 amide bonds. The lowest BCUT2D eigenvalue weighted by Gasteiger charge is -2.07. The molecule has 0 saturated carbocycles. The largest absolute Gasteiger partial charge is 0.490 e. The van der Waals surface area contributed by atoms with Gasteiger partial charge in [0.1, 0.15) is 19.0 Å².